The Morgan fingerprint density at radius 1 is 1.03 bits per heavy atom. The first-order chi connectivity index (χ1) is 18.9. The molecule has 4 aromatic rings. The van der Waals surface area contributed by atoms with E-state index in [1.54, 1.807) is 6.20 Å². The number of fused-ring (bicyclic) bond motifs is 3. The third-order valence-electron chi connectivity index (χ3n) is 7.42. The summed E-state index contributed by atoms with van der Waals surface area (Å²) in [5.74, 6) is -0.0788. The summed E-state index contributed by atoms with van der Waals surface area (Å²) >= 11 is 1.47. The van der Waals surface area contributed by atoms with Crippen molar-refractivity contribution >= 4 is 28.3 Å². The topological polar surface area (TPSA) is 96.2 Å². The van der Waals surface area contributed by atoms with Gasteiger partial charge in [0.05, 0.1) is 27.6 Å². The minimum absolute atomic E-state index is 0.0631. The van der Waals surface area contributed by atoms with E-state index < -0.39 is 0 Å². The van der Waals surface area contributed by atoms with Crippen LogP contribution < -0.4 is 5.32 Å². The van der Waals surface area contributed by atoms with Crippen LogP contribution in [0.2, 0.25) is 0 Å². The largest absolute Gasteiger partial charge is 0.336 e. The summed E-state index contributed by atoms with van der Waals surface area (Å²) in [6, 6.07) is 12.1. The van der Waals surface area contributed by atoms with E-state index in [1.165, 1.54) is 18.3 Å². The van der Waals surface area contributed by atoms with Crippen molar-refractivity contribution in [3.8, 4) is 27.5 Å². The second-order valence-electron chi connectivity index (χ2n) is 10.3. The van der Waals surface area contributed by atoms with E-state index in [2.05, 4.69) is 29.0 Å². The molecule has 1 N–H and O–H groups in total. The summed E-state index contributed by atoms with van der Waals surface area (Å²) in [6.07, 6.45) is 5.15. The number of nitrogens with zero attached hydrogens (tertiary/aromatic N) is 6. The van der Waals surface area contributed by atoms with Gasteiger partial charge in [-0.3, -0.25) is 19.5 Å². The van der Waals surface area contributed by atoms with Gasteiger partial charge >= 0.3 is 0 Å². The van der Waals surface area contributed by atoms with Crippen molar-refractivity contribution in [2.45, 2.75) is 39.7 Å². The highest BCUT2D eigenvalue weighted by atomic mass is 32.1. The van der Waals surface area contributed by atoms with Gasteiger partial charge in [0.25, 0.3) is 5.91 Å². The Morgan fingerprint density at radius 2 is 1.79 bits per heavy atom. The van der Waals surface area contributed by atoms with Crippen molar-refractivity contribution in [1.29, 1.82) is 0 Å². The molecule has 10 heteroatoms. The number of hydrogen-bond donors (Lipinski definition) is 1. The zero-order valence-electron chi connectivity index (χ0n) is 22.3. The molecule has 2 aliphatic rings. The van der Waals surface area contributed by atoms with E-state index in [4.69, 9.17) is 10.1 Å². The number of rotatable bonds is 5. The lowest BCUT2D eigenvalue weighted by Gasteiger charge is -2.37. The molecule has 0 atom stereocenters. The van der Waals surface area contributed by atoms with Crippen LogP contribution in [0, 0.1) is 0 Å². The van der Waals surface area contributed by atoms with Crippen LogP contribution >= 0.6 is 11.3 Å². The lowest BCUT2D eigenvalue weighted by Crippen LogP contribution is -2.50. The number of benzene rings is 1. The maximum Gasteiger partial charge on any atom is 0.253 e. The van der Waals surface area contributed by atoms with E-state index in [9.17, 15) is 9.59 Å². The van der Waals surface area contributed by atoms with Gasteiger partial charge < -0.3 is 10.2 Å². The predicted octanol–water partition coefficient (Wildman–Crippen LogP) is 4.28. The number of pyridine rings is 1. The first-order valence-corrected chi connectivity index (χ1v) is 14.1. The maximum absolute atomic E-state index is 13.2. The summed E-state index contributed by atoms with van der Waals surface area (Å²) in [5.41, 5.74) is 6.46. The van der Waals surface area contributed by atoms with Crippen molar-refractivity contribution in [2.24, 2.45) is 0 Å². The Bertz CT molecular complexity index is 1520. The fourth-order valence-electron chi connectivity index (χ4n) is 5.36. The van der Waals surface area contributed by atoms with Crippen LogP contribution in [0.5, 0.6) is 0 Å². The van der Waals surface area contributed by atoms with Crippen LogP contribution in [0.4, 0.5) is 5.13 Å². The zero-order chi connectivity index (χ0) is 27.1. The molecule has 3 aromatic heterocycles. The Labute approximate surface area is 231 Å². The monoisotopic (exact) mass is 541 g/mol. The van der Waals surface area contributed by atoms with E-state index in [-0.39, 0.29) is 11.8 Å². The summed E-state index contributed by atoms with van der Waals surface area (Å²) in [4.78, 5) is 39.3. The van der Waals surface area contributed by atoms with Gasteiger partial charge in [-0.25, -0.2) is 9.67 Å². The smallest absolute Gasteiger partial charge is 0.253 e. The molecular weight excluding hydrogens is 510 g/mol. The zero-order valence-corrected chi connectivity index (χ0v) is 23.2. The molecule has 1 aliphatic carbocycles. The molecule has 0 unspecified atom stereocenters. The van der Waals surface area contributed by atoms with Gasteiger partial charge in [0.15, 0.2) is 5.13 Å². The third kappa shape index (κ3) is 4.86. The first kappa shape index (κ1) is 25.4. The molecule has 39 heavy (non-hydrogen) atoms. The van der Waals surface area contributed by atoms with Crippen molar-refractivity contribution in [1.82, 2.24) is 29.5 Å². The third-order valence-corrected chi connectivity index (χ3v) is 8.44. The maximum atomic E-state index is 13.2. The SMILES string of the molecule is CC(=O)Nc1nc2c(s1)-c1c(c(-c3cccnc3)nn1-c1ccc(C(=O)N3CCN(C(C)C)CC3)cc1)CC2. The van der Waals surface area contributed by atoms with E-state index >= 15 is 0 Å². The van der Waals surface area contributed by atoms with Gasteiger partial charge in [-0.1, -0.05) is 11.3 Å². The van der Waals surface area contributed by atoms with Crippen LogP contribution in [-0.2, 0) is 17.6 Å². The summed E-state index contributed by atoms with van der Waals surface area (Å²) in [6.45, 7) is 9.16. The molecule has 2 amide bonds. The summed E-state index contributed by atoms with van der Waals surface area (Å²) in [5, 5.41) is 8.48. The van der Waals surface area contributed by atoms with Crippen LogP contribution in [0.15, 0.2) is 48.8 Å². The van der Waals surface area contributed by atoms with Gasteiger partial charge in [0.1, 0.15) is 0 Å². The Kier molecular flexibility index (Phi) is 6.74. The van der Waals surface area contributed by atoms with Gasteiger partial charge in [-0.05, 0) is 63.1 Å². The number of piperazine rings is 1. The normalized spacial score (nSPS) is 15.2. The number of carbonyl (C=O) groups is 2. The molecule has 1 aliphatic heterocycles. The highest BCUT2D eigenvalue weighted by molar-refractivity contribution is 7.19. The number of aromatic nitrogens is 4. The van der Waals surface area contributed by atoms with E-state index in [0.717, 1.165) is 77.8 Å². The summed E-state index contributed by atoms with van der Waals surface area (Å²) in [7, 11) is 0. The highest BCUT2D eigenvalue weighted by Gasteiger charge is 2.30. The van der Waals surface area contributed by atoms with Crippen LogP contribution in [-0.4, -0.2) is 73.6 Å². The fourth-order valence-corrected chi connectivity index (χ4v) is 6.48. The molecule has 4 heterocycles. The van der Waals surface area contributed by atoms with Crippen LogP contribution in [0.3, 0.4) is 0 Å². The van der Waals surface area contributed by atoms with Gasteiger partial charge in [-0.15, -0.1) is 0 Å². The second-order valence-corrected chi connectivity index (χ2v) is 11.3. The molecule has 1 saturated heterocycles. The van der Waals surface area contributed by atoms with Crippen LogP contribution in [0.25, 0.3) is 27.5 Å². The molecular formula is C29H31N7O2S. The average Bonchev–Trinajstić information content (AvgIpc) is 3.54. The fraction of sp³-hybridized carbons (Fsp3) is 0.345. The van der Waals surface area contributed by atoms with Crippen molar-refractivity contribution < 1.29 is 9.59 Å². The van der Waals surface area contributed by atoms with Crippen molar-refractivity contribution in [3.63, 3.8) is 0 Å². The Hall–Kier alpha value is -3.89. The Balaban J connectivity index is 1.35. The average molecular weight is 542 g/mol. The lowest BCUT2D eigenvalue weighted by atomic mass is 9.95. The number of thiazole rings is 1. The number of aryl methyl sites for hydroxylation is 1. The van der Waals surface area contributed by atoms with E-state index in [0.29, 0.717) is 16.7 Å². The summed E-state index contributed by atoms with van der Waals surface area (Å²) < 4.78 is 1.95. The van der Waals surface area contributed by atoms with Crippen molar-refractivity contribution in [2.75, 3.05) is 31.5 Å². The molecule has 6 rings (SSSR count). The number of amides is 2. The molecule has 0 bridgehead atoms. The van der Waals surface area contributed by atoms with Gasteiger partial charge in [-0.2, -0.15) is 5.10 Å². The number of nitrogens with one attached hydrogen (secondary N) is 1. The lowest BCUT2D eigenvalue weighted by molar-refractivity contribution is -0.114. The quantitative estimate of drug-likeness (QED) is 0.405. The van der Waals surface area contributed by atoms with Gasteiger partial charge in [0, 0.05) is 68.2 Å². The van der Waals surface area contributed by atoms with E-state index in [1.807, 2.05) is 52.2 Å². The minimum atomic E-state index is -0.142. The molecule has 0 saturated carbocycles. The molecule has 0 spiro atoms. The number of anilines is 1. The molecule has 1 fully saturated rings. The molecule has 200 valence electrons. The van der Waals surface area contributed by atoms with Gasteiger partial charge in [0.2, 0.25) is 5.91 Å². The van der Waals surface area contributed by atoms with Crippen molar-refractivity contribution in [3.05, 3.63) is 65.6 Å². The number of hydrogen-bond acceptors (Lipinski definition) is 7. The highest BCUT2D eigenvalue weighted by Crippen LogP contribution is 2.44. The molecule has 1 aromatic carbocycles. The first-order valence-electron chi connectivity index (χ1n) is 13.3. The minimum Gasteiger partial charge on any atom is -0.336 e. The predicted molar refractivity (Wildman–Crippen MR) is 152 cm³/mol. The standard InChI is InChI=1S/C29H31N7O2S/c1-18(2)34-13-15-35(16-14-34)28(38)20-6-8-22(9-7-20)36-26-23(25(33-36)21-5-4-12-30-17-21)10-11-24-27(26)39-29(32-24)31-19(3)37/h4-9,12,17-18H,10-11,13-16H2,1-3H3,(H,31,32,37). The molecule has 9 nitrogen and oxygen atoms in total. The number of carbonyl (C=O) groups excluding carboxylic acids is 2. The Morgan fingerprint density at radius 3 is 2.46 bits per heavy atom. The molecule has 0 radical (unpaired) electrons. The second kappa shape index (κ2) is 10.3. The van der Waals surface area contributed by atoms with Crippen LogP contribution in [0.1, 0.15) is 42.4 Å².